The first kappa shape index (κ1) is 10.4. The predicted molar refractivity (Wildman–Crippen MR) is 61.4 cm³/mol. The molecule has 1 fully saturated rings. The van der Waals surface area contributed by atoms with Crippen LogP contribution in [0.5, 0.6) is 0 Å². The first-order valence-electron chi connectivity index (χ1n) is 6.19. The Balaban J connectivity index is 1.86. The highest BCUT2D eigenvalue weighted by atomic mass is 16.5. The quantitative estimate of drug-likeness (QED) is 0.789. The molecule has 0 radical (unpaired) electrons. The summed E-state index contributed by atoms with van der Waals surface area (Å²) in [6.45, 7) is 1.07. The molecule has 1 N–H and O–H groups in total. The van der Waals surface area contributed by atoms with Crippen LogP contribution in [0.2, 0.25) is 0 Å². The summed E-state index contributed by atoms with van der Waals surface area (Å²) in [7, 11) is 1.81. The molecule has 0 bridgehead atoms. The summed E-state index contributed by atoms with van der Waals surface area (Å²) < 4.78 is 11.2. The van der Waals surface area contributed by atoms with Crippen molar-refractivity contribution in [2.45, 2.75) is 43.7 Å². The molecule has 1 aliphatic heterocycles. The maximum Gasteiger partial charge on any atom is 0.127 e. The first-order chi connectivity index (χ1) is 7.84. The van der Waals surface area contributed by atoms with Gasteiger partial charge in [0.15, 0.2) is 0 Å². The average Bonchev–Trinajstić information content (AvgIpc) is 2.80. The number of furan rings is 1. The molecule has 1 aromatic rings. The van der Waals surface area contributed by atoms with Gasteiger partial charge in [0.1, 0.15) is 5.76 Å². The Bertz CT molecular complexity index is 364. The highest BCUT2D eigenvalue weighted by molar-refractivity contribution is 5.28. The zero-order valence-corrected chi connectivity index (χ0v) is 9.79. The highest BCUT2D eigenvalue weighted by Crippen LogP contribution is 2.41. The molecule has 0 saturated heterocycles. The van der Waals surface area contributed by atoms with Crippen molar-refractivity contribution in [3.63, 3.8) is 0 Å². The fraction of sp³-hybridized carbons (Fsp3) is 0.692. The van der Waals surface area contributed by atoms with Crippen molar-refractivity contribution in [1.82, 2.24) is 5.32 Å². The van der Waals surface area contributed by atoms with Crippen molar-refractivity contribution < 1.29 is 9.15 Å². The molecule has 0 aromatic carbocycles. The van der Waals surface area contributed by atoms with E-state index in [1.165, 1.54) is 11.3 Å². The summed E-state index contributed by atoms with van der Waals surface area (Å²) in [6, 6.07) is 2.13. The zero-order chi connectivity index (χ0) is 11.0. The lowest BCUT2D eigenvalue weighted by molar-refractivity contribution is 0.0326. The monoisotopic (exact) mass is 221 g/mol. The second kappa shape index (κ2) is 3.90. The van der Waals surface area contributed by atoms with Crippen molar-refractivity contribution in [2.75, 3.05) is 13.7 Å². The van der Waals surface area contributed by atoms with E-state index in [1.54, 1.807) is 0 Å². The normalized spacial score (nSPS) is 33.9. The van der Waals surface area contributed by atoms with Gasteiger partial charge in [0.2, 0.25) is 0 Å². The number of fused-ring (bicyclic) bond motifs is 2. The van der Waals surface area contributed by atoms with E-state index >= 15 is 0 Å². The standard InChI is InChI=1S/C13H19NO2/c1-15-11-2-6-13(7-3-11)12-10(4-8-14-13)5-9-16-12/h5,9,11,14H,2-4,6-8H2,1H3. The van der Waals surface area contributed by atoms with Crippen LogP contribution in [-0.4, -0.2) is 19.8 Å². The Morgan fingerprint density at radius 2 is 2.25 bits per heavy atom. The molecule has 1 saturated carbocycles. The molecule has 0 atom stereocenters. The molecule has 1 spiro atoms. The van der Waals surface area contributed by atoms with Crippen LogP contribution >= 0.6 is 0 Å². The number of hydrogen-bond donors (Lipinski definition) is 1. The topological polar surface area (TPSA) is 34.4 Å². The third-order valence-electron chi connectivity index (χ3n) is 4.16. The molecule has 16 heavy (non-hydrogen) atoms. The van der Waals surface area contributed by atoms with E-state index in [4.69, 9.17) is 9.15 Å². The maximum absolute atomic E-state index is 5.71. The third kappa shape index (κ3) is 1.50. The Morgan fingerprint density at radius 1 is 1.44 bits per heavy atom. The average molecular weight is 221 g/mol. The Morgan fingerprint density at radius 3 is 3.00 bits per heavy atom. The molecular formula is C13H19NO2. The van der Waals surface area contributed by atoms with Crippen molar-refractivity contribution in [3.8, 4) is 0 Å². The van der Waals surface area contributed by atoms with Crippen molar-refractivity contribution in [1.29, 1.82) is 0 Å². The summed E-state index contributed by atoms with van der Waals surface area (Å²) in [4.78, 5) is 0. The third-order valence-corrected chi connectivity index (χ3v) is 4.16. The van der Waals surface area contributed by atoms with Gasteiger partial charge >= 0.3 is 0 Å². The van der Waals surface area contributed by atoms with Gasteiger partial charge in [-0.25, -0.2) is 0 Å². The van der Waals surface area contributed by atoms with Crippen LogP contribution in [0.1, 0.15) is 37.0 Å². The lowest BCUT2D eigenvalue weighted by Crippen LogP contribution is -2.49. The Hall–Kier alpha value is -0.800. The van der Waals surface area contributed by atoms with E-state index in [9.17, 15) is 0 Å². The van der Waals surface area contributed by atoms with Crippen LogP contribution < -0.4 is 5.32 Å². The van der Waals surface area contributed by atoms with Gasteiger partial charge in [-0.05, 0) is 43.7 Å². The van der Waals surface area contributed by atoms with E-state index in [2.05, 4.69) is 11.4 Å². The lowest BCUT2D eigenvalue weighted by atomic mass is 9.75. The fourth-order valence-corrected chi connectivity index (χ4v) is 3.19. The van der Waals surface area contributed by atoms with Gasteiger partial charge in [-0.1, -0.05) is 0 Å². The number of methoxy groups -OCH3 is 1. The maximum atomic E-state index is 5.71. The minimum Gasteiger partial charge on any atom is -0.467 e. The van der Waals surface area contributed by atoms with Crippen LogP contribution in [0.15, 0.2) is 16.7 Å². The van der Waals surface area contributed by atoms with E-state index < -0.39 is 0 Å². The van der Waals surface area contributed by atoms with Gasteiger partial charge in [-0.15, -0.1) is 0 Å². The predicted octanol–water partition coefficient (Wildman–Crippen LogP) is 2.21. The van der Waals surface area contributed by atoms with Gasteiger partial charge in [0.25, 0.3) is 0 Å². The lowest BCUT2D eigenvalue weighted by Gasteiger charge is -2.42. The van der Waals surface area contributed by atoms with Crippen LogP contribution in [0.4, 0.5) is 0 Å². The minimum atomic E-state index is 0.103. The van der Waals surface area contributed by atoms with Gasteiger partial charge in [0.05, 0.1) is 17.9 Å². The molecule has 0 amide bonds. The van der Waals surface area contributed by atoms with Gasteiger partial charge < -0.3 is 14.5 Å². The Labute approximate surface area is 96.2 Å². The van der Waals surface area contributed by atoms with Crippen molar-refractivity contribution >= 4 is 0 Å². The minimum absolute atomic E-state index is 0.103. The molecule has 1 aromatic heterocycles. The van der Waals surface area contributed by atoms with Gasteiger partial charge in [0, 0.05) is 13.7 Å². The van der Waals surface area contributed by atoms with Crippen LogP contribution in [0.25, 0.3) is 0 Å². The molecule has 3 heteroatoms. The highest BCUT2D eigenvalue weighted by Gasteiger charge is 2.42. The number of ether oxygens (including phenoxy) is 1. The number of rotatable bonds is 1. The van der Waals surface area contributed by atoms with E-state index in [0.717, 1.165) is 38.6 Å². The van der Waals surface area contributed by atoms with Crippen molar-refractivity contribution in [2.24, 2.45) is 0 Å². The number of nitrogens with one attached hydrogen (secondary N) is 1. The summed E-state index contributed by atoms with van der Waals surface area (Å²) in [5.41, 5.74) is 1.50. The Kier molecular flexibility index (Phi) is 2.52. The fourth-order valence-electron chi connectivity index (χ4n) is 3.19. The smallest absolute Gasteiger partial charge is 0.127 e. The van der Waals surface area contributed by atoms with Crippen LogP contribution in [-0.2, 0) is 16.7 Å². The second-order valence-electron chi connectivity index (χ2n) is 4.97. The largest absolute Gasteiger partial charge is 0.467 e. The SMILES string of the molecule is COC1CCC2(CC1)NCCc1ccoc12. The van der Waals surface area contributed by atoms with Gasteiger partial charge in [-0.2, -0.15) is 0 Å². The first-order valence-corrected chi connectivity index (χ1v) is 6.19. The molecule has 2 heterocycles. The molecule has 3 rings (SSSR count). The molecular weight excluding hydrogens is 202 g/mol. The van der Waals surface area contributed by atoms with E-state index in [-0.39, 0.29) is 5.54 Å². The molecule has 2 aliphatic rings. The molecule has 0 unspecified atom stereocenters. The van der Waals surface area contributed by atoms with Gasteiger partial charge in [-0.3, -0.25) is 0 Å². The van der Waals surface area contributed by atoms with E-state index in [0.29, 0.717) is 6.10 Å². The molecule has 88 valence electrons. The zero-order valence-electron chi connectivity index (χ0n) is 9.79. The number of hydrogen-bond acceptors (Lipinski definition) is 3. The summed E-state index contributed by atoms with van der Waals surface area (Å²) in [5, 5.41) is 3.67. The summed E-state index contributed by atoms with van der Waals surface area (Å²) >= 11 is 0. The van der Waals surface area contributed by atoms with Crippen LogP contribution in [0.3, 0.4) is 0 Å². The van der Waals surface area contributed by atoms with Crippen LogP contribution in [0, 0.1) is 0 Å². The van der Waals surface area contributed by atoms with Crippen molar-refractivity contribution in [3.05, 3.63) is 23.7 Å². The summed E-state index contributed by atoms with van der Waals surface area (Å²) in [6.07, 6.45) is 7.89. The summed E-state index contributed by atoms with van der Waals surface area (Å²) in [5.74, 6) is 1.19. The molecule has 1 aliphatic carbocycles. The molecule has 3 nitrogen and oxygen atoms in total. The van der Waals surface area contributed by atoms with E-state index in [1.807, 2.05) is 13.4 Å². The second-order valence-corrected chi connectivity index (χ2v) is 4.97.